The third-order valence-electron chi connectivity index (χ3n) is 6.25. The molecule has 2 aromatic heterocycles. The molecule has 0 spiro atoms. The standard InChI is InChI=1S/C24H32N4O/c1-4-20-21-15-18(17-8-12-28(13-9-17)14-11-25-2)5-6-22(21)27-24(20)19-7-10-26-23(16-19)29-3/h5-7,10,15-17,25,27H,4,8-9,11-14H2,1-3H3. The molecule has 2 N–H and O–H groups in total. The zero-order valence-electron chi connectivity index (χ0n) is 17.8. The first-order valence-corrected chi connectivity index (χ1v) is 10.7. The predicted octanol–water partition coefficient (Wildman–Crippen LogP) is 4.20. The zero-order valence-corrected chi connectivity index (χ0v) is 17.8. The number of aromatic amines is 1. The highest BCUT2D eigenvalue weighted by atomic mass is 16.5. The van der Waals surface area contributed by atoms with Gasteiger partial charge in [-0.05, 0) is 74.6 Å². The molecule has 1 saturated heterocycles. The van der Waals surface area contributed by atoms with Crippen molar-refractivity contribution in [2.75, 3.05) is 40.3 Å². The lowest BCUT2D eigenvalue weighted by molar-refractivity contribution is 0.214. The fraction of sp³-hybridized carbons (Fsp3) is 0.458. The minimum Gasteiger partial charge on any atom is -0.481 e. The molecule has 0 saturated carbocycles. The number of hydrogen-bond acceptors (Lipinski definition) is 4. The maximum Gasteiger partial charge on any atom is 0.213 e. The molecule has 0 atom stereocenters. The van der Waals surface area contributed by atoms with E-state index in [-0.39, 0.29) is 0 Å². The quantitative estimate of drug-likeness (QED) is 0.633. The second kappa shape index (κ2) is 8.97. The van der Waals surface area contributed by atoms with Crippen molar-refractivity contribution in [1.29, 1.82) is 0 Å². The van der Waals surface area contributed by atoms with E-state index in [4.69, 9.17) is 4.74 Å². The van der Waals surface area contributed by atoms with E-state index in [1.807, 2.05) is 25.4 Å². The molecule has 0 radical (unpaired) electrons. The molecule has 5 heteroatoms. The molecule has 1 fully saturated rings. The molecule has 154 valence electrons. The van der Waals surface area contributed by atoms with Gasteiger partial charge in [0.1, 0.15) is 0 Å². The summed E-state index contributed by atoms with van der Waals surface area (Å²) in [5.74, 6) is 1.31. The molecule has 3 heterocycles. The number of H-pyrrole nitrogens is 1. The second-order valence-electron chi connectivity index (χ2n) is 7.94. The summed E-state index contributed by atoms with van der Waals surface area (Å²) in [5, 5.41) is 4.61. The largest absolute Gasteiger partial charge is 0.481 e. The van der Waals surface area contributed by atoms with Crippen molar-refractivity contribution >= 4 is 10.9 Å². The van der Waals surface area contributed by atoms with Crippen molar-refractivity contribution < 1.29 is 4.74 Å². The Labute approximate surface area is 173 Å². The average Bonchev–Trinajstić information content (AvgIpc) is 3.16. The van der Waals surface area contributed by atoms with Crippen molar-refractivity contribution in [2.24, 2.45) is 0 Å². The number of nitrogens with one attached hydrogen (secondary N) is 2. The molecule has 0 bridgehead atoms. The summed E-state index contributed by atoms with van der Waals surface area (Å²) in [7, 11) is 3.69. The Kier molecular flexibility index (Phi) is 6.16. The van der Waals surface area contributed by atoms with Gasteiger partial charge >= 0.3 is 0 Å². The van der Waals surface area contributed by atoms with E-state index < -0.39 is 0 Å². The Hall–Kier alpha value is -2.37. The van der Waals surface area contributed by atoms with Crippen LogP contribution in [0.2, 0.25) is 0 Å². The van der Waals surface area contributed by atoms with E-state index in [9.17, 15) is 0 Å². The molecule has 4 rings (SSSR count). The third kappa shape index (κ3) is 4.16. The summed E-state index contributed by atoms with van der Waals surface area (Å²) in [5.41, 5.74) is 6.38. The van der Waals surface area contributed by atoms with Gasteiger partial charge in [0.25, 0.3) is 0 Å². The van der Waals surface area contributed by atoms with Gasteiger partial charge in [0.15, 0.2) is 0 Å². The lowest BCUT2D eigenvalue weighted by atomic mass is 9.88. The highest BCUT2D eigenvalue weighted by Gasteiger charge is 2.21. The molecule has 1 aliphatic rings. The minimum atomic E-state index is 0.647. The minimum absolute atomic E-state index is 0.647. The number of benzene rings is 1. The Morgan fingerprint density at radius 1 is 1.21 bits per heavy atom. The maximum absolute atomic E-state index is 5.32. The summed E-state index contributed by atoms with van der Waals surface area (Å²) in [4.78, 5) is 10.5. The number of likely N-dealkylation sites (N-methyl/N-ethyl adjacent to an activating group) is 1. The number of piperidine rings is 1. The van der Waals surface area contributed by atoms with Gasteiger partial charge in [-0.3, -0.25) is 0 Å². The molecule has 0 aliphatic carbocycles. The number of pyridine rings is 1. The lowest BCUT2D eigenvalue weighted by Gasteiger charge is -2.32. The van der Waals surface area contributed by atoms with E-state index in [1.54, 1.807) is 7.11 Å². The third-order valence-corrected chi connectivity index (χ3v) is 6.25. The second-order valence-corrected chi connectivity index (χ2v) is 7.94. The molecule has 29 heavy (non-hydrogen) atoms. The number of hydrogen-bond donors (Lipinski definition) is 2. The number of likely N-dealkylation sites (tertiary alicyclic amines) is 1. The van der Waals surface area contributed by atoms with Gasteiger partial charge in [0, 0.05) is 47.5 Å². The molecule has 1 aliphatic heterocycles. The topological polar surface area (TPSA) is 53.2 Å². The first kappa shape index (κ1) is 19.9. The zero-order chi connectivity index (χ0) is 20.2. The van der Waals surface area contributed by atoms with Crippen LogP contribution in [0.15, 0.2) is 36.5 Å². The van der Waals surface area contributed by atoms with Crippen molar-refractivity contribution in [3.05, 3.63) is 47.7 Å². The number of ether oxygens (including phenoxy) is 1. The summed E-state index contributed by atoms with van der Waals surface area (Å²) >= 11 is 0. The van der Waals surface area contributed by atoms with E-state index in [0.717, 1.165) is 25.1 Å². The number of methoxy groups -OCH3 is 1. The van der Waals surface area contributed by atoms with E-state index in [2.05, 4.69) is 45.3 Å². The SMILES string of the molecule is CCc1c(-c2ccnc(OC)c2)[nH]c2ccc(C3CCN(CCNC)CC3)cc12. The Balaban J connectivity index is 1.61. The fourth-order valence-electron chi connectivity index (χ4n) is 4.57. The highest BCUT2D eigenvalue weighted by Crippen LogP contribution is 2.35. The smallest absolute Gasteiger partial charge is 0.213 e. The summed E-state index contributed by atoms with van der Waals surface area (Å²) in [6.45, 7) is 6.85. The van der Waals surface area contributed by atoms with Crippen molar-refractivity contribution in [1.82, 2.24) is 20.2 Å². The first-order valence-electron chi connectivity index (χ1n) is 10.7. The van der Waals surface area contributed by atoms with E-state index in [1.165, 1.54) is 53.7 Å². The van der Waals surface area contributed by atoms with E-state index in [0.29, 0.717) is 11.8 Å². The number of rotatable bonds is 7. The van der Waals surface area contributed by atoms with Crippen LogP contribution >= 0.6 is 0 Å². The maximum atomic E-state index is 5.32. The number of nitrogens with zero attached hydrogens (tertiary/aromatic N) is 2. The van der Waals surface area contributed by atoms with Crippen LogP contribution in [0.25, 0.3) is 22.2 Å². The van der Waals surface area contributed by atoms with Gasteiger partial charge in [-0.15, -0.1) is 0 Å². The first-order chi connectivity index (χ1) is 14.2. The van der Waals surface area contributed by atoms with Gasteiger partial charge in [0.05, 0.1) is 7.11 Å². The molecule has 0 amide bonds. The Morgan fingerprint density at radius 3 is 2.76 bits per heavy atom. The molecular formula is C24H32N4O. The number of fused-ring (bicyclic) bond motifs is 1. The Morgan fingerprint density at radius 2 is 2.03 bits per heavy atom. The highest BCUT2D eigenvalue weighted by molar-refractivity contribution is 5.91. The molecule has 5 nitrogen and oxygen atoms in total. The summed E-state index contributed by atoms with van der Waals surface area (Å²) in [6.07, 6.45) is 5.29. The molecule has 1 aromatic carbocycles. The average molecular weight is 393 g/mol. The van der Waals surface area contributed by atoms with Crippen LogP contribution in [0.1, 0.15) is 36.8 Å². The van der Waals surface area contributed by atoms with Crippen LogP contribution in [-0.4, -0.2) is 55.2 Å². The summed E-state index contributed by atoms with van der Waals surface area (Å²) < 4.78 is 5.32. The monoisotopic (exact) mass is 392 g/mol. The predicted molar refractivity (Wildman–Crippen MR) is 120 cm³/mol. The van der Waals surface area contributed by atoms with Crippen molar-refractivity contribution in [3.8, 4) is 17.1 Å². The van der Waals surface area contributed by atoms with Crippen LogP contribution < -0.4 is 10.1 Å². The molecule has 0 unspecified atom stereocenters. The number of aryl methyl sites for hydroxylation is 1. The normalized spacial score (nSPS) is 15.8. The molecule has 3 aromatic rings. The van der Waals surface area contributed by atoms with Gasteiger partial charge in [0.2, 0.25) is 5.88 Å². The molecular weight excluding hydrogens is 360 g/mol. The van der Waals surface area contributed by atoms with Crippen LogP contribution in [0, 0.1) is 0 Å². The summed E-state index contributed by atoms with van der Waals surface area (Å²) in [6, 6.07) is 11.1. The van der Waals surface area contributed by atoms with Crippen LogP contribution in [0.5, 0.6) is 5.88 Å². The van der Waals surface area contributed by atoms with E-state index >= 15 is 0 Å². The van der Waals surface area contributed by atoms with Crippen LogP contribution in [0.3, 0.4) is 0 Å². The number of aromatic nitrogens is 2. The van der Waals surface area contributed by atoms with Gasteiger partial charge in [-0.2, -0.15) is 0 Å². The van der Waals surface area contributed by atoms with Gasteiger partial charge in [-0.1, -0.05) is 13.0 Å². The van der Waals surface area contributed by atoms with Crippen molar-refractivity contribution in [2.45, 2.75) is 32.1 Å². The lowest BCUT2D eigenvalue weighted by Crippen LogP contribution is -2.37. The van der Waals surface area contributed by atoms with Crippen molar-refractivity contribution in [3.63, 3.8) is 0 Å². The van der Waals surface area contributed by atoms with Gasteiger partial charge in [-0.25, -0.2) is 4.98 Å². The van der Waals surface area contributed by atoms with Gasteiger partial charge < -0.3 is 19.9 Å². The Bertz CT molecular complexity index is 957. The van der Waals surface area contributed by atoms with Crippen LogP contribution in [-0.2, 0) is 6.42 Å². The van der Waals surface area contributed by atoms with Crippen LogP contribution in [0.4, 0.5) is 0 Å². The fourth-order valence-corrected chi connectivity index (χ4v) is 4.57.